The standard InChI is InChI=1S/C16H33N3O/c1-13(2)17-6-7-18(16(11-17)12-20-5)8-15-9-19(10-15)14(3)4/h13-16H,6-12H2,1-5H3/t16-/m0/s1. The van der Waals surface area contributed by atoms with Crippen LogP contribution in [0.2, 0.25) is 0 Å². The van der Waals surface area contributed by atoms with Crippen LogP contribution in [0.4, 0.5) is 0 Å². The Morgan fingerprint density at radius 1 is 0.950 bits per heavy atom. The Hall–Kier alpha value is -0.160. The Labute approximate surface area is 125 Å². The number of nitrogens with zero attached hydrogens (tertiary/aromatic N) is 3. The van der Waals surface area contributed by atoms with E-state index in [1.807, 2.05) is 7.11 Å². The minimum Gasteiger partial charge on any atom is -0.383 e. The Bertz CT molecular complexity index is 289. The Morgan fingerprint density at radius 3 is 2.15 bits per heavy atom. The molecule has 2 aliphatic heterocycles. The summed E-state index contributed by atoms with van der Waals surface area (Å²) in [6, 6.07) is 1.93. The van der Waals surface area contributed by atoms with Crippen molar-refractivity contribution < 1.29 is 4.74 Å². The van der Waals surface area contributed by atoms with Crippen molar-refractivity contribution >= 4 is 0 Å². The largest absolute Gasteiger partial charge is 0.383 e. The van der Waals surface area contributed by atoms with E-state index in [1.165, 1.54) is 32.7 Å². The first kappa shape index (κ1) is 16.2. The van der Waals surface area contributed by atoms with Gasteiger partial charge < -0.3 is 9.64 Å². The number of likely N-dealkylation sites (tertiary alicyclic amines) is 1. The zero-order chi connectivity index (χ0) is 14.7. The van der Waals surface area contributed by atoms with Crippen LogP contribution in [0.5, 0.6) is 0 Å². The van der Waals surface area contributed by atoms with Crippen LogP contribution in [0.3, 0.4) is 0 Å². The minimum absolute atomic E-state index is 0.573. The van der Waals surface area contributed by atoms with Gasteiger partial charge >= 0.3 is 0 Å². The molecule has 118 valence electrons. The predicted octanol–water partition coefficient (Wildman–Crippen LogP) is 1.37. The second kappa shape index (κ2) is 7.21. The molecule has 0 aromatic rings. The van der Waals surface area contributed by atoms with Gasteiger partial charge in [-0.15, -0.1) is 0 Å². The van der Waals surface area contributed by atoms with Gasteiger partial charge in [0.1, 0.15) is 0 Å². The van der Waals surface area contributed by atoms with Gasteiger partial charge in [-0.1, -0.05) is 0 Å². The molecule has 2 heterocycles. The highest BCUT2D eigenvalue weighted by Gasteiger charge is 2.34. The van der Waals surface area contributed by atoms with Crippen LogP contribution in [0.15, 0.2) is 0 Å². The third-order valence-corrected chi connectivity index (χ3v) is 4.93. The van der Waals surface area contributed by atoms with Crippen LogP contribution < -0.4 is 0 Å². The third-order valence-electron chi connectivity index (χ3n) is 4.93. The smallest absolute Gasteiger partial charge is 0.0630 e. The van der Waals surface area contributed by atoms with Crippen molar-refractivity contribution in [1.29, 1.82) is 0 Å². The van der Waals surface area contributed by atoms with Crippen molar-refractivity contribution in [2.24, 2.45) is 5.92 Å². The number of hydrogen-bond acceptors (Lipinski definition) is 4. The van der Waals surface area contributed by atoms with Crippen LogP contribution in [-0.2, 0) is 4.74 Å². The lowest BCUT2D eigenvalue weighted by molar-refractivity contribution is -0.0209. The molecule has 0 bridgehead atoms. The van der Waals surface area contributed by atoms with Crippen LogP contribution in [-0.4, -0.2) is 85.8 Å². The van der Waals surface area contributed by atoms with Gasteiger partial charge in [-0.2, -0.15) is 0 Å². The molecular weight excluding hydrogens is 250 g/mol. The zero-order valence-corrected chi connectivity index (χ0v) is 14.0. The lowest BCUT2D eigenvalue weighted by Gasteiger charge is -2.48. The van der Waals surface area contributed by atoms with Crippen molar-refractivity contribution in [3.05, 3.63) is 0 Å². The van der Waals surface area contributed by atoms with Crippen LogP contribution in [0.25, 0.3) is 0 Å². The molecule has 0 unspecified atom stereocenters. The minimum atomic E-state index is 0.573. The molecule has 0 spiro atoms. The molecule has 0 aliphatic carbocycles. The third kappa shape index (κ3) is 3.94. The van der Waals surface area contributed by atoms with E-state index in [1.54, 1.807) is 0 Å². The fraction of sp³-hybridized carbons (Fsp3) is 1.00. The number of hydrogen-bond donors (Lipinski definition) is 0. The molecule has 4 nitrogen and oxygen atoms in total. The molecule has 2 saturated heterocycles. The SMILES string of the molecule is COC[C@@H]1CN(C(C)C)CCN1CC1CN(C(C)C)C1. The molecule has 1 atom stereocenters. The highest BCUT2D eigenvalue weighted by Crippen LogP contribution is 2.22. The first-order valence-corrected chi connectivity index (χ1v) is 8.22. The molecule has 0 radical (unpaired) electrons. The normalized spacial score (nSPS) is 27.4. The summed E-state index contributed by atoms with van der Waals surface area (Å²) in [6.45, 7) is 17.4. The van der Waals surface area contributed by atoms with Crippen molar-refractivity contribution in [3.63, 3.8) is 0 Å². The maximum absolute atomic E-state index is 5.45. The first-order chi connectivity index (χ1) is 9.51. The average Bonchev–Trinajstić information content (AvgIpc) is 2.34. The Balaban J connectivity index is 1.81. The van der Waals surface area contributed by atoms with Gasteiger partial charge in [0.05, 0.1) is 6.61 Å². The number of ether oxygens (including phenoxy) is 1. The molecule has 0 N–H and O–H groups in total. The van der Waals surface area contributed by atoms with Crippen LogP contribution in [0, 0.1) is 5.92 Å². The maximum atomic E-state index is 5.45. The van der Waals surface area contributed by atoms with E-state index in [9.17, 15) is 0 Å². The van der Waals surface area contributed by atoms with E-state index in [2.05, 4.69) is 42.4 Å². The second-order valence-corrected chi connectivity index (χ2v) is 7.11. The summed E-state index contributed by atoms with van der Waals surface area (Å²) >= 11 is 0. The lowest BCUT2D eigenvalue weighted by atomic mass is 9.96. The highest BCUT2D eigenvalue weighted by atomic mass is 16.5. The van der Waals surface area contributed by atoms with Gasteiger partial charge in [0, 0.05) is 64.5 Å². The van der Waals surface area contributed by atoms with Crippen LogP contribution >= 0.6 is 0 Å². The molecule has 2 rings (SSSR count). The lowest BCUT2D eigenvalue weighted by Crippen LogP contribution is -2.61. The maximum Gasteiger partial charge on any atom is 0.0630 e. The van der Waals surface area contributed by atoms with E-state index in [0.717, 1.165) is 19.1 Å². The molecule has 20 heavy (non-hydrogen) atoms. The van der Waals surface area contributed by atoms with Gasteiger partial charge in [-0.3, -0.25) is 9.80 Å². The highest BCUT2D eigenvalue weighted by molar-refractivity contribution is 4.89. The number of rotatable bonds is 6. The molecule has 0 saturated carbocycles. The summed E-state index contributed by atoms with van der Waals surface area (Å²) in [5, 5.41) is 0. The molecule has 2 aliphatic rings. The summed E-state index contributed by atoms with van der Waals surface area (Å²) in [4.78, 5) is 7.83. The van der Waals surface area contributed by atoms with Crippen LogP contribution in [0.1, 0.15) is 27.7 Å². The van der Waals surface area contributed by atoms with Crippen molar-refractivity contribution in [2.75, 3.05) is 53.0 Å². The number of methoxy groups -OCH3 is 1. The first-order valence-electron chi connectivity index (χ1n) is 8.22. The molecule has 0 aromatic carbocycles. The number of piperazine rings is 1. The fourth-order valence-corrected chi connectivity index (χ4v) is 3.46. The molecular formula is C16H33N3O. The fourth-order valence-electron chi connectivity index (χ4n) is 3.46. The van der Waals surface area contributed by atoms with Gasteiger partial charge in [-0.25, -0.2) is 0 Å². The zero-order valence-electron chi connectivity index (χ0n) is 14.0. The molecule has 2 fully saturated rings. The molecule has 0 amide bonds. The molecule has 0 aromatic heterocycles. The quantitative estimate of drug-likeness (QED) is 0.733. The Morgan fingerprint density at radius 2 is 1.60 bits per heavy atom. The summed E-state index contributed by atoms with van der Waals surface area (Å²) in [7, 11) is 1.83. The van der Waals surface area contributed by atoms with E-state index >= 15 is 0 Å². The van der Waals surface area contributed by atoms with Crippen molar-refractivity contribution in [3.8, 4) is 0 Å². The van der Waals surface area contributed by atoms with Crippen molar-refractivity contribution in [1.82, 2.24) is 14.7 Å². The average molecular weight is 283 g/mol. The van der Waals surface area contributed by atoms with Crippen molar-refractivity contribution in [2.45, 2.75) is 45.8 Å². The summed E-state index contributed by atoms with van der Waals surface area (Å²) in [6.07, 6.45) is 0. The monoisotopic (exact) mass is 283 g/mol. The van der Waals surface area contributed by atoms with E-state index in [0.29, 0.717) is 18.1 Å². The van der Waals surface area contributed by atoms with Gasteiger partial charge in [0.15, 0.2) is 0 Å². The van der Waals surface area contributed by atoms with Gasteiger partial charge in [0.25, 0.3) is 0 Å². The van der Waals surface area contributed by atoms with Gasteiger partial charge in [0.2, 0.25) is 0 Å². The summed E-state index contributed by atoms with van der Waals surface area (Å²) < 4.78 is 5.45. The van der Waals surface area contributed by atoms with E-state index in [-0.39, 0.29) is 0 Å². The summed E-state index contributed by atoms with van der Waals surface area (Å²) in [5.41, 5.74) is 0. The van der Waals surface area contributed by atoms with E-state index in [4.69, 9.17) is 4.74 Å². The Kier molecular flexibility index (Phi) is 5.84. The molecule has 4 heteroatoms. The predicted molar refractivity (Wildman–Crippen MR) is 84.1 cm³/mol. The van der Waals surface area contributed by atoms with E-state index < -0.39 is 0 Å². The summed E-state index contributed by atoms with van der Waals surface area (Å²) in [5.74, 6) is 0.863. The topological polar surface area (TPSA) is 19.0 Å². The second-order valence-electron chi connectivity index (χ2n) is 7.11. The van der Waals surface area contributed by atoms with Gasteiger partial charge in [-0.05, 0) is 33.6 Å².